The molecule has 0 aliphatic heterocycles. The van der Waals surface area contributed by atoms with Crippen LogP contribution in [-0.4, -0.2) is 45.7 Å². The third-order valence-electron chi connectivity index (χ3n) is 3.93. The first-order chi connectivity index (χ1) is 8.35. The molecule has 1 aliphatic rings. The molecule has 2 atom stereocenters. The lowest BCUT2D eigenvalue weighted by Gasteiger charge is -2.31. The second-order valence-corrected chi connectivity index (χ2v) is 8.20. The van der Waals surface area contributed by atoms with Crippen molar-refractivity contribution in [1.29, 1.82) is 0 Å². The van der Waals surface area contributed by atoms with Crippen LogP contribution in [-0.2, 0) is 14.6 Å². The Morgan fingerprint density at radius 2 is 2.06 bits per heavy atom. The smallest absolute Gasteiger partial charge is 0.156 e. The summed E-state index contributed by atoms with van der Waals surface area (Å²) in [5, 5.41) is 3.18. The van der Waals surface area contributed by atoms with E-state index in [0.717, 1.165) is 25.8 Å². The molecular weight excluding hydrogens is 250 g/mol. The van der Waals surface area contributed by atoms with Crippen LogP contribution in [0.3, 0.4) is 0 Å². The summed E-state index contributed by atoms with van der Waals surface area (Å²) in [7, 11) is -1.52. The van der Waals surface area contributed by atoms with Crippen molar-refractivity contribution in [1.82, 2.24) is 5.32 Å². The van der Waals surface area contributed by atoms with E-state index in [9.17, 15) is 8.42 Å². The maximum Gasteiger partial charge on any atom is 0.156 e. The van der Waals surface area contributed by atoms with E-state index in [-0.39, 0.29) is 22.5 Å². The van der Waals surface area contributed by atoms with Gasteiger partial charge < -0.3 is 10.1 Å². The van der Waals surface area contributed by atoms with Crippen molar-refractivity contribution >= 4 is 9.84 Å². The quantitative estimate of drug-likeness (QED) is 0.768. The van der Waals surface area contributed by atoms with Gasteiger partial charge in [0.1, 0.15) is 0 Å². The molecule has 1 fully saturated rings. The molecule has 0 heterocycles. The first-order valence-corrected chi connectivity index (χ1v) is 8.50. The van der Waals surface area contributed by atoms with Gasteiger partial charge in [0.05, 0.1) is 17.6 Å². The van der Waals surface area contributed by atoms with Crippen LogP contribution in [0.1, 0.15) is 40.0 Å². The Morgan fingerprint density at radius 3 is 2.61 bits per heavy atom. The summed E-state index contributed by atoms with van der Waals surface area (Å²) < 4.78 is 29.6. The Morgan fingerprint density at radius 1 is 1.39 bits per heavy atom. The number of rotatable bonds is 7. The average Bonchev–Trinajstić information content (AvgIpc) is 2.60. The van der Waals surface area contributed by atoms with Gasteiger partial charge >= 0.3 is 0 Å². The van der Waals surface area contributed by atoms with Crippen LogP contribution in [0, 0.1) is 5.41 Å². The molecule has 18 heavy (non-hydrogen) atoms. The highest BCUT2D eigenvalue weighted by Crippen LogP contribution is 2.40. The highest BCUT2D eigenvalue weighted by atomic mass is 32.2. The molecule has 0 aromatic rings. The fourth-order valence-electron chi connectivity index (χ4n) is 2.79. The number of methoxy groups -OCH3 is 1. The molecular formula is C13H27NO3S. The monoisotopic (exact) mass is 277 g/mol. The number of nitrogens with one attached hydrogen (secondary N) is 1. The fraction of sp³-hybridized carbons (Fsp3) is 1.00. The SMILES string of the molecule is CCCNC1C(S(=O)(=O)CCOC)CCC1(C)C. The van der Waals surface area contributed by atoms with Crippen LogP contribution in [0.25, 0.3) is 0 Å². The topological polar surface area (TPSA) is 55.4 Å². The molecule has 1 aliphatic carbocycles. The maximum atomic E-state index is 12.3. The van der Waals surface area contributed by atoms with E-state index in [1.165, 1.54) is 0 Å². The lowest BCUT2D eigenvalue weighted by molar-refractivity contribution is 0.216. The summed E-state index contributed by atoms with van der Waals surface area (Å²) in [4.78, 5) is 0. The van der Waals surface area contributed by atoms with Crippen LogP contribution >= 0.6 is 0 Å². The van der Waals surface area contributed by atoms with Gasteiger partial charge in [-0.05, 0) is 31.2 Å². The highest BCUT2D eigenvalue weighted by Gasteiger charge is 2.47. The van der Waals surface area contributed by atoms with Gasteiger partial charge in [-0.15, -0.1) is 0 Å². The summed E-state index contributed by atoms with van der Waals surface area (Å²) in [5.41, 5.74) is 0.0555. The van der Waals surface area contributed by atoms with Gasteiger partial charge in [0.2, 0.25) is 0 Å². The highest BCUT2D eigenvalue weighted by molar-refractivity contribution is 7.92. The number of hydrogen-bond donors (Lipinski definition) is 1. The van der Waals surface area contributed by atoms with Gasteiger partial charge in [-0.25, -0.2) is 8.42 Å². The molecule has 1 rings (SSSR count). The molecule has 0 saturated heterocycles. The molecule has 0 spiro atoms. The van der Waals surface area contributed by atoms with E-state index in [1.807, 2.05) is 0 Å². The van der Waals surface area contributed by atoms with Gasteiger partial charge in [-0.2, -0.15) is 0 Å². The summed E-state index contributed by atoms with van der Waals surface area (Å²) >= 11 is 0. The molecule has 4 nitrogen and oxygen atoms in total. The number of ether oxygens (including phenoxy) is 1. The standard InChI is InChI=1S/C13H27NO3S/c1-5-8-14-12-11(6-7-13(12,2)3)18(15,16)10-9-17-4/h11-12,14H,5-10H2,1-4H3. The third-order valence-corrected chi connectivity index (χ3v) is 6.10. The predicted molar refractivity (Wildman–Crippen MR) is 74.5 cm³/mol. The van der Waals surface area contributed by atoms with Crippen molar-refractivity contribution in [3.63, 3.8) is 0 Å². The van der Waals surface area contributed by atoms with Crippen LogP contribution in [0.15, 0.2) is 0 Å². The molecule has 108 valence electrons. The molecule has 1 saturated carbocycles. The molecule has 0 aromatic heterocycles. The Bertz CT molecular complexity index is 351. The zero-order chi connectivity index (χ0) is 13.8. The van der Waals surface area contributed by atoms with Gasteiger partial charge in [0, 0.05) is 13.2 Å². The van der Waals surface area contributed by atoms with Crippen LogP contribution in [0.4, 0.5) is 0 Å². The molecule has 0 bridgehead atoms. The number of hydrogen-bond acceptors (Lipinski definition) is 4. The Labute approximate surface area is 111 Å². The van der Waals surface area contributed by atoms with Crippen molar-refractivity contribution in [2.75, 3.05) is 26.0 Å². The van der Waals surface area contributed by atoms with Gasteiger partial charge in [-0.1, -0.05) is 20.8 Å². The second-order valence-electron chi connectivity index (χ2n) is 5.86. The van der Waals surface area contributed by atoms with E-state index < -0.39 is 9.84 Å². The lowest BCUT2D eigenvalue weighted by Crippen LogP contribution is -2.48. The molecule has 2 unspecified atom stereocenters. The van der Waals surface area contributed by atoms with Gasteiger partial charge in [0.15, 0.2) is 9.84 Å². The second kappa shape index (κ2) is 6.35. The van der Waals surface area contributed by atoms with E-state index in [2.05, 4.69) is 26.1 Å². The van der Waals surface area contributed by atoms with Crippen molar-refractivity contribution in [2.45, 2.75) is 51.3 Å². The first kappa shape index (κ1) is 15.9. The van der Waals surface area contributed by atoms with Gasteiger partial charge in [0.25, 0.3) is 0 Å². The summed E-state index contributed by atoms with van der Waals surface area (Å²) in [5.74, 6) is 0.133. The molecule has 5 heteroatoms. The fourth-order valence-corrected chi connectivity index (χ4v) is 4.84. The van der Waals surface area contributed by atoms with Crippen molar-refractivity contribution in [3.8, 4) is 0 Å². The summed E-state index contributed by atoms with van der Waals surface area (Å²) in [6, 6.07) is 0.0688. The van der Waals surface area contributed by atoms with Crippen molar-refractivity contribution in [3.05, 3.63) is 0 Å². The predicted octanol–water partition coefficient (Wildman–Crippen LogP) is 1.60. The van der Waals surface area contributed by atoms with Crippen LogP contribution in [0.5, 0.6) is 0 Å². The minimum atomic E-state index is -3.06. The summed E-state index contributed by atoms with van der Waals surface area (Å²) in [6.45, 7) is 7.59. The Kier molecular flexibility index (Phi) is 5.62. The number of sulfone groups is 1. The van der Waals surface area contributed by atoms with E-state index >= 15 is 0 Å². The average molecular weight is 277 g/mol. The zero-order valence-electron chi connectivity index (χ0n) is 12.0. The molecule has 1 N–H and O–H groups in total. The molecule has 0 aromatic carbocycles. The minimum absolute atomic E-state index is 0.0555. The zero-order valence-corrected chi connectivity index (χ0v) is 12.8. The largest absolute Gasteiger partial charge is 0.384 e. The van der Waals surface area contributed by atoms with E-state index in [0.29, 0.717) is 6.61 Å². The van der Waals surface area contributed by atoms with Crippen molar-refractivity contribution < 1.29 is 13.2 Å². The molecule has 0 radical (unpaired) electrons. The summed E-state index contributed by atoms with van der Waals surface area (Å²) in [6.07, 6.45) is 2.75. The van der Waals surface area contributed by atoms with Crippen LogP contribution < -0.4 is 5.32 Å². The first-order valence-electron chi connectivity index (χ1n) is 6.79. The molecule has 0 amide bonds. The minimum Gasteiger partial charge on any atom is -0.384 e. The van der Waals surface area contributed by atoms with E-state index in [4.69, 9.17) is 4.74 Å². The van der Waals surface area contributed by atoms with Gasteiger partial charge in [-0.3, -0.25) is 0 Å². The Hall–Kier alpha value is -0.130. The lowest BCUT2D eigenvalue weighted by atomic mass is 9.87. The third kappa shape index (κ3) is 3.68. The van der Waals surface area contributed by atoms with Crippen molar-refractivity contribution in [2.24, 2.45) is 5.41 Å². The maximum absolute atomic E-state index is 12.3. The normalized spacial score (nSPS) is 27.6. The Balaban J connectivity index is 2.80. The van der Waals surface area contributed by atoms with Crippen LogP contribution in [0.2, 0.25) is 0 Å². The van der Waals surface area contributed by atoms with E-state index in [1.54, 1.807) is 7.11 Å².